The molecule has 2 bridgehead atoms. The van der Waals surface area contributed by atoms with E-state index >= 15 is 0 Å². The van der Waals surface area contributed by atoms with E-state index in [4.69, 9.17) is 10.5 Å². The fourth-order valence-corrected chi connectivity index (χ4v) is 7.00. The van der Waals surface area contributed by atoms with Crippen LogP contribution < -0.4 is 21.7 Å². The van der Waals surface area contributed by atoms with Gasteiger partial charge in [-0.15, -0.1) is 0 Å². The number of halogens is 5. The van der Waals surface area contributed by atoms with Gasteiger partial charge in [0.15, 0.2) is 0 Å². The lowest BCUT2D eigenvalue weighted by atomic mass is 9.81. The number of primary amides is 1. The van der Waals surface area contributed by atoms with Gasteiger partial charge in [-0.05, 0) is 42.9 Å². The van der Waals surface area contributed by atoms with Gasteiger partial charge >= 0.3 is 18.0 Å². The van der Waals surface area contributed by atoms with Crippen molar-refractivity contribution < 1.29 is 50.7 Å². The van der Waals surface area contributed by atoms with Gasteiger partial charge in [0.25, 0.3) is 0 Å². The first-order chi connectivity index (χ1) is 19.9. The maximum atomic E-state index is 14.1. The minimum absolute atomic E-state index is 0.00758. The van der Waals surface area contributed by atoms with Crippen molar-refractivity contribution in [3.8, 4) is 0 Å². The number of hydrogen-bond acceptors (Lipinski definition) is 6. The molecule has 240 valence electrons. The molecule has 43 heavy (non-hydrogen) atoms. The largest absolute Gasteiger partial charge is 0.463 e. The Balaban J connectivity index is 1.65. The van der Waals surface area contributed by atoms with E-state index in [1.54, 1.807) is 5.32 Å². The fraction of sp³-hybridized carbons (Fsp3) is 0.741. The van der Waals surface area contributed by atoms with Crippen molar-refractivity contribution >= 4 is 29.5 Å². The number of likely N-dealkylation sites (tertiary alicyclic amines) is 1. The SMILES string of the molecule is COCC(C)(C)[C@H](NC(=O)C(F)(F)C(F)(F)F)C(=O)N1C[C@H]2[C@@H]([C@H]1C(=O)N[C@@H](C[C@@H]1CCNC1=O)C(N)=O)[C@H]1C=C[C@@H]2C1. The summed E-state index contributed by atoms with van der Waals surface area (Å²) in [6, 6.07) is -4.46. The van der Waals surface area contributed by atoms with Gasteiger partial charge in [-0.1, -0.05) is 26.0 Å². The second kappa shape index (κ2) is 11.7. The Bertz CT molecular complexity index is 1190. The molecule has 5 N–H and O–H groups in total. The normalized spacial score (nSPS) is 29.7. The molecule has 5 amide bonds. The highest BCUT2D eigenvalue weighted by molar-refractivity contribution is 5.96. The van der Waals surface area contributed by atoms with Gasteiger partial charge in [-0.2, -0.15) is 22.0 Å². The van der Waals surface area contributed by atoms with Gasteiger partial charge in [0.05, 0.1) is 6.61 Å². The van der Waals surface area contributed by atoms with E-state index in [1.807, 2.05) is 12.2 Å². The summed E-state index contributed by atoms with van der Waals surface area (Å²) in [6.45, 7) is 2.73. The van der Waals surface area contributed by atoms with Crippen molar-refractivity contribution in [2.24, 2.45) is 40.7 Å². The van der Waals surface area contributed by atoms with Gasteiger partial charge in [0.1, 0.15) is 18.1 Å². The highest BCUT2D eigenvalue weighted by Crippen LogP contribution is 2.54. The molecule has 0 aromatic carbocycles. The molecule has 0 radical (unpaired) electrons. The molecule has 2 saturated heterocycles. The van der Waals surface area contributed by atoms with E-state index in [2.05, 4.69) is 10.6 Å². The molecule has 1 saturated carbocycles. The van der Waals surface area contributed by atoms with Crippen LogP contribution in [0.4, 0.5) is 22.0 Å². The number of carbonyl (C=O) groups is 5. The Hall–Kier alpha value is -3.30. The molecule has 2 aliphatic heterocycles. The van der Waals surface area contributed by atoms with Crippen molar-refractivity contribution in [2.45, 2.75) is 63.3 Å². The predicted molar refractivity (Wildman–Crippen MR) is 139 cm³/mol. The first kappa shape index (κ1) is 32.6. The van der Waals surface area contributed by atoms with Crippen LogP contribution in [0.1, 0.15) is 33.1 Å². The van der Waals surface area contributed by atoms with Gasteiger partial charge in [0, 0.05) is 31.5 Å². The molecule has 16 heteroatoms. The summed E-state index contributed by atoms with van der Waals surface area (Å²) >= 11 is 0. The van der Waals surface area contributed by atoms with Crippen LogP contribution >= 0.6 is 0 Å². The summed E-state index contributed by atoms with van der Waals surface area (Å²) in [4.78, 5) is 65.7. The van der Waals surface area contributed by atoms with Crippen molar-refractivity contribution in [2.75, 3.05) is 26.8 Å². The maximum Gasteiger partial charge on any atom is 0.463 e. The second-order valence-corrected chi connectivity index (χ2v) is 12.5. The van der Waals surface area contributed by atoms with E-state index in [0.717, 1.165) is 4.90 Å². The van der Waals surface area contributed by atoms with Crippen molar-refractivity contribution in [1.29, 1.82) is 0 Å². The van der Waals surface area contributed by atoms with Gasteiger partial charge in [0.2, 0.25) is 23.6 Å². The van der Waals surface area contributed by atoms with Crippen molar-refractivity contribution in [1.82, 2.24) is 20.9 Å². The molecule has 11 nitrogen and oxygen atoms in total. The zero-order valence-corrected chi connectivity index (χ0v) is 23.9. The monoisotopic (exact) mass is 621 g/mol. The molecule has 0 unspecified atom stereocenters. The fourth-order valence-electron chi connectivity index (χ4n) is 7.00. The summed E-state index contributed by atoms with van der Waals surface area (Å²) in [7, 11) is 1.23. The number of rotatable bonds is 11. The topological polar surface area (TPSA) is 160 Å². The molecule has 0 aromatic heterocycles. The third-order valence-corrected chi connectivity index (χ3v) is 9.15. The van der Waals surface area contributed by atoms with Gasteiger partial charge < -0.3 is 31.3 Å². The van der Waals surface area contributed by atoms with Crippen LogP contribution in [-0.4, -0.2) is 91.5 Å². The number of fused-ring (bicyclic) bond motifs is 5. The lowest BCUT2D eigenvalue weighted by Crippen LogP contribution is -2.63. The number of carbonyl (C=O) groups excluding carboxylic acids is 5. The first-order valence-corrected chi connectivity index (χ1v) is 14.0. The summed E-state index contributed by atoms with van der Waals surface area (Å²) in [5, 5.41) is 6.79. The molecule has 0 aromatic rings. The molecule has 3 fully saturated rings. The van der Waals surface area contributed by atoms with Gasteiger partial charge in [-0.3, -0.25) is 24.0 Å². The quantitative estimate of drug-likeness (QED) is 0.194. The van der Waals surface area contributed by atoms with Crippen molar-refractivity contribution in [3.63, 3.8) is 0 Å². The number of nitrogens with one attached hydrogen (secondary N) is 3. The first-order valence-electron chi connectivity index (χ1n) is 14.0. The standard InChI is InChI=1S/C27H36F5N5O6/c1-25(2,11-43-3)19(36-24(42)26(28,29)27(30,31)32)23(41)37-10-15-12-4-5-13(8-12)17(15)18(37)22(40)35-16(20(33)38)9-14-6-7-34-21(14)39/h4-5,12-19H,6-11H2,1-3H3,(H2,33,38)(H,34,39)(H,35,40)(H,36,42)/t12-,13+,14+,15-,16+,17+,18+,19-/m1/s1. The van der Waals surface area contributed by atoms with E-state index in [0.29, 0.717) is 19.4 Å². The van der Waals surface area contributed by atoms with E-state index in [9.17, 15) is 45.9 Å². The maximum absolute atomic E-state index is 14.1. The zero-order chi connectivity index (χ0) is 32.1. The molecule has 0 spiro atoms. The van der Waals surface area contributed by atoms with Crippen LogP contribution in [0.3, 0.4) is 0 Å². The zero-order valence-electron chi connectivity index (χ0n) is 23.9. The summed E-state index contributed by atoms with van der Waals surface area (Å²) in [5.74, 6) is -12.9. The Morgan fingerprint density at radius 1 is 1.12 bits per heavy atom. The number of hydrogen-bond donors (Lipinski definition) is 4. The molecular formula is C27H36F5N5O6. The van der Waals surface area contributed by atoms with E-state index < -0.39 is 71.1 Å². The lowest BCUT2D eigenvalue weighted by molar-refractivity contribution is -0.270. The number of nitrogens with zero attached hydrogens (tertiary/aromatic N) is 1. The number of amides is 5. The number of alkyl halides is 5. The molecule has 4 rings (SSSR count). The van der Waals surface area contributed by atoms with Crippen LogP contribution in [0.15, 0.2) is 12.2 Å². The number of methoxy groups -OCH3 is 1. The van der Waals surface area contributed by atoms with Crippen molar-refractivity contribution in [3.05, 3.63) is 12.2 Å². The molecule has 2 heterocycles. The smallest absolute Gasteiger partial charge is 0.384 e. The van der Waals surface area contributed by atoms with Crippen LogP contribution in [0.5, 0.6) is 0 Å². The Morgan fingerprint density at radius 3 is 2.33 bits per heavy atom. The summed E-state index contributed by atoms with van der Waals surface area (Å²) in [5.41, 5.74) is 4.04. The number of nitrogens with two attached hydrogens (primary N) is 1. The minimum Gasteiger partial charge on any atom is -0.384 e. The molecule has 8 atom stereocenters. The highest BCUT2D eigenvalue weighted by Gasteiger charge is 2.65. The molecule has 2 aliphatic carbocycles. The van der Waals surface area contributed by atoms with Crippen LogP contribution in [0.2, 0.25) is 0 Å². The van der Waals surface area contributed by atoms with E-state index in [1.165, 1.54) is 21.0 Å². The van der Waals surface area contributed by atoms with Crippen LogP contribution in [0, 0.1) is 35.0 Å². The Kier molecular flexibility index (Phi) is 8.84. The average Bonchev–Trinajstić information content (AvgIpc) is 3.68. The summed E-state index contributed by atoms with van der Waals surface area (Å²) in [6.07, 6.45) is -1.31. The third kappa shape index (κ3) is 6.07. The van der Waals surface area contributed by atoms with E-state index in [-0.39, 0.29) is 43.2 Å². The minimum atomic E-state index is -6.21. The third-order valence-electron chi connectivity index (χ3n) is 9.15. The average molecular weight is 622 g/mol. The molecular weight excluding hydrogens is 585 g/mol. The Labute approximate surface area is 244 Å². The predicted octanol–water partition coefficient (Wildman–Crippen LogP) is 0.487. The lowest BCUT2D eigenvalue weighted by Gasteiger charge is -2.39. The Morgan fingerprint density at radius 2 is 1.77 bits per heavy atom. The highest BCUT2D eigenvalue weighted by atomic mass is 19.4. The number of ether oxygens (including phenoxy) is 1. The second-order valence-electron chi connectivity index (χ2n) is 12.5. The molecule has 4 aliphatic rings. The number of allylic oxidation sites excluding steroid dienone is 2. The van der Waals surface area contributed by atoms with Crippen LogP contribution in [-0.2, 0) is 28.7 Å². The van der Waals surface area contributed by atoms with Gasteiger partial charge in [-0.25, -0.2) is 0 Å². The summed E-state index contributed by atoms with van der Waals surface area (Å²) < 4.78 is 72.0. The van der Waals surface area contributed by atoms with Crippen LogP contribution in [0.25, 0.3) is 0 Å².